The van der Waals surface area contributed by atoms with Crippen molar-refractivity contribution in [2.45, 2.75) is 36.9 Å². The standard InChI is InChI=1S/C28H31FN4O/c29-28(19-31-26-18-23(26)20-6-2-1-3-7-20)14-16-33(17-15-28)22-12-10-21(11-13-22)27(34)32-25-9-5-4-8-24(25)30/h1-13,23,26,31H,14-19,30H2,(H,32,34)/t23-,26+/m0/s1. The summed E-state index contributed by atoms with van der Waals surface area (Å²) in [4.78, 5) is 14.7. The highest BCUT2D eigenvalue weighted by atomic mass is 19.1. The average molecular weight is 459 g/mol. The third-order valence-electron chi connectivity index (χ3n) is 7.06. The van der Waals surface area contributed by atoms with Crippen LogP contribution < -0.4 is 21.3 Å². The van der Waals surface area contributed by atoms with Crippen molar-refractivity contribution >= 4 is 23.0 Å². The summed E-state index contributed by atoms with van der Waals surface area (Å²) in [5.41, 5.74) is 8.78. The Balaban J connectivity index is 1.11. The number of carbonyl (C=O) groups excluding carboxylic acids is 1. The predicted molar refractivity (Wildman–Crippen MR) is 136 cm³/mol. The number of nitrogen functional groups attached to an aromatic ring is 1. The lowest BCUT2D eigenvalue weighted by Gasteiger charge is -2.38. The molecule has 2 fully saturated rings. The van der Waals surface area contributed by atoms with Gasteiger partial charge in [0.1, 0.15) is 5.67 Å². The van der Waals surface area contributed by atoms with Crippen molar-refractivity contribution in [3.63, 3.8) is 0 Å². The normalized spacial score (nSPS) is 21.1. The molecule has 2 aliphatic rings. The number of nitrogens with one attached hydrogen (secondary N) is 2. The van der Waals surface area contributed by atoms with E-state index in [1.54, 1.807) is 24.3 Å². The maximum atomic E-state index is 15.4. The van der Waals surface area contributed by atoms with Gasteiger partial charge in [-0.3, -0.25) is 4.79 Å². The highest BCUT2D eigenvalue weighted by Crippen LogP contribution is 2.41. The monoisotopic (exact) mass is 458 g/mol. The van der Waals surface area contributed by atoms with Crippen LogP contribution in [-0.4, -0.2) is 37.3 Å². The van der Waals surface area contributed by atoms with E-state index in [2.05, 4.69) is 39.8 Å². The van der Waals surface area contributed by atoms with Crippen molar-refractivity contribution in [3.05, 3.63) is 90.0 Å². The molecule has 1 saturated heterocycles. The lowest BCUT2D eigenvalue weighted by molar-refractivity contribution is 0.102. The molecular formula is C28H31FN4O. The molecule has 1 heterocycles. The third kappa shape index (κ3) is 5.07. The molecule has 0 aromatic heterocycles. The van der Waals surface area contributed by atoms with Gasteiger partial charge in [0.15, 0.2) is 0 Å². The van der Waals surface area contributed by atoms with Crippen LogP contribution in [0.4, 0.5) is 21.5 Å². The molecule has 1 amide bonds. The Hall–Kier alpha value is -3.38. The highest BCUT2D eigenvalue weighted by molar-refractivity contribution is 6.05. The third-order valence-corrected chi connectivity index (χ3v) is 7.06. The summed E-state index contributed by atoms with van der Waals surface area (Å²) in [6.45, 7) is 1.74. The van der Waals surface area contributed by atoms with Gasteiger partial charge in [0, 0.05) is 55.7 Å². The fraction of sp³-hybridized carbons (Fsp3) is 0.321. The molecule has 176 valence electrons. The minimum Gasteiger partial charge on any atom is -0.397 e. The fourth-order valence-electron chi connectivity index (χ4n) is 4.77. The minimum atomic E-state index is -1.17. The summed E-state index contributed by atoms with van der Waals surface area (Å²) >= 11 is 0. The van der Waals surface area contributed by atoms with Crippen LogP contribution in [0.15, 0.2) is 78.9 Å². The number of carbonyl (C=O) groups is 1. The van der Waals surface area contributed by atoms with E-state index in [9.17, 15) is 4.79 Å². The maximum Gasteiger partial charge on any atom is 0.255 e. The van der Waals surface area contributed by atoms with Gasteiger partial charge in [-0.15, -0.1) is 0 Å². The van der Waals surface area contributed by atoms with Gasteiger partial charge in [-0.25, -0.2) is 4.39 Å². The molecular weight excluding hydrogens is 427 g/mol. The molecule has 0 bridgehead atoms. The number of hydrogen-bond acceptors (Lipinski definition) is 4. The molecule has 1 aliphatic carbocycles. The van der Waals surface area contributed by atoms with Gasteiger partial charge >= 0.3 is 0 Å². The van der Waals surface area contributed by atoms with Crippen LogP contribution in [0.25, 0.3) is 0 Å². The number of anilines is 3. The number of rotatable bonds is 7. The van der Waals surface area contributed by atoms with Gasteiger partial charge in [0.2, 0.25) is 0 Å². The topological polar surface area (TPSA) is 70.4 Å². The molecule has 0 radical (unpaired) electrons. The van der Waals surface area contributed by atoms with Crippen LogP contribution >= 0.6 is 0 Å². The summed E-state index contributed by atoms with van der Waals surface area (Å²) in [6, 6.07) is 25.5. The molecule has 3 aromatic carbocycles. The quantitative estimate of drug-likeness (QED) is 0.437. The summed E-state index contributed by atoms with van der Waals surface area (Å²) in [6.07, 6.45) is 2.08. The molecule has 3 aromatic rings. The van der Waals surface area contributed by atoms with Gasteiger partial charge in [0.05, 0.1) is 11.4 Å². The SMILES string of the molecule is Nc1ccccc1NC(=O)c1ccc(N2CCC(F)(CN[C@@H]3C[C@H]3c3ccccc3)CC2)cc1. The van der Waals surface area contributed by atoms with Crippen LogP contribution in [0.5, 0.6) is 0 Å². The lowest BCUT2D eigenvalue weighted by Crippen LogP contribution is -2.47. The van der Waals surface area contributed by atoms with Gasteiger partial charge in [-0.05, 0) is 48.4 Å². The number of alkyl halides is 1. The van der Waals surface area contributed by atoms with Crippen molar-refractivity contribution in [2.24, 2.45) is 0 Å². The summed E-state index contributed by atoms with van der Waals surface area (Å²) < 4.78 is 15.4. The molecule has 1 saturated carbocycles. The van der Waals surface area contributed by atoms with E-state index < -0.39 is 5.67 Å². The first-order valence-corrected chi connectivity index (χ1v) is 12.0. The number of halogens is 1. The summed E-state index contributed by atoms with van der Waals surface area (Å²) in [5, 5.41) is 6.31. The van der Waals surface area contributed by atoms with E-state index in [-0.39, 0.29) is 5.91 Å². The number of hydrogen-bond donors (Lipinski definition) is 3. The Kier molecular flexibility index (Phi) is 6.24. The molecule has 5 rings (SSSR count). The van der Waals surface area contributed by atoms with Crippen molar-refractivity contribution in [1.82, 2.24) is 5.32 Å². The molecule has 4 N–H and O–H groups in total. The van der Waals surface area contributed by atoms with Crippen molar-refractivity contribution < 1.29 is 9.18 Å². The van der Waals surface area contributed by atoms with Gasteiger partial charge in [-0.1, -0.05) is 42.5 Å². The first-order chi connectivity index (χ1) is 16.5. The second-order valence-electron chi connectivity index (χ2n) is 9.47. The molecule has 34 heavy (non-hydrogen) atoms. The zero-order valence-electron chi connectivity index (χ0n) is 19.2. The molecule has 6 heteroatoms. The van der Waals surface area contributed by atoms with Gasteiger partial charge < -0.3 is 21.3 Å². The fourth-order valence-corrected chi connectivity index (χ4v) is 4.77. The second kappa shape index (κ2) is 9.47. The Morgan fingerprint density at radius 1 is 0.971 bits per heavy atom. The molecule has 5 nitrogen and oxygen atoms in total. The smallest absolute Gasteiger partial charge is 0.255 e. The van der Waals surface area contributed by atoms with Crippen molar-refractivity contribution in [1.29, 1.82) is 0 Å². The van der Waals surface area contributed by atoms with E-state index in [0.29, 0.717) is 61.4 Å². The minimum absolute atomic E-state index is 0.203. The molecule has 0 unspecified atom stereocenters. The number of para-hydroxylation sites is 2. The van der Waals surface area contributed by atoms with E-state index in [0.717, 1.165) is 12.1 Å². The largest absolute Gasteiger partial charge is 0.397 e. The Bertz CT molecular complexity index is 1130. The Morgan fingerprint density at radius 3 is 2.35 bits per heavy atom. The molecule has 2 atom stereocenters. The van der Waals surface area contributed by atoms with Crippen molar-refractivity contribution in [2.75, 3.05) is 35.6 Å². The number of nitrogens with two attached hydrogens (primary N) is 1. The molecule has 0 spiro atoms. The van der Waals surface area contributed by atoms with Crippen LogP contribution in [0.2, 0.25) is 0 Å². The first kappa shape index (κ1) is 22.4. The number of piperidine rings is 1. The van der Waals surface area contributed by atoms with Gasteiger partial charge in [-0.2, -0.15) is 0 Å². The first-order valence-electron chi connectivity index (χ1n) is 12.0. The van der Waals surface area contributed by atoms with E-state index >= 15 is 4.39 Å². The zero-order valence-corrected chi connectivity index (χ0v) is 19.2. The zero-order chi connectivity index (χ0) is 23.5. The van der Waals surface area contributed by atoms with Crippen LogP contribution in [-0.2, 0) is 0 Å². The summed E-state index contributed by atoms with van der Waals surface area (Å²) in [7, 11) is 0. The van der Waals surface area contributed by atoms with E-state index in [4.69, 9.17) is 5.73 Å². The second-order valence-corrected chi connectivity index (χ2v) is 9.47. The summed E-state index contributed by atoms with van der Waals surface area (Å²) in [5.74, 6) is 0.310. The van der Waals surface area contributed by atoms with Crippen LogP contribution in [0.3, 0.4) is 0 Å². The highest BCUT2D eigenvalue weighted by Gasteiger charge is 2.41. The predicted octanol–water partition coefficient (Wildman–Crippen LogP) is 4.98. The Labute approximate surface area is 200 Å². The van der Waals surface area contributed by atoms with Gasteiger partial charge in [0.25, 0.3) is 5.91 Å². The van der Waals surface area contributed by atoms with Crippen LogP contribution in [0.1, 0.15) is 41.1 Å². The number of nitrogens with zero attached hydrogens (tertiary/aromatic N) is 1. The Morgan fingerprint density at radius 2 is 1.65 bits per heavy atom. The number of benzene rings is 3. The van der Waals surface area contributed by atoms with E-state index in [1.807, 2.05) is 30.3 Å². The number of amides is 1. The van der Waals surface area contributed by atoms with Crippen molar-refractivity contribution in [3.8, 4) is 0 Å². The van der Waals surface area contributed by atoms with E-state index in [1.165, 1.54) is 5.56 Å². The average Bonchev–Trinajstić information content (AvgIpc) is 3.65. The molecule has 1 aliphatic heterocycles. The lowest BCUT2D eigenvalue weighted by atomic mass is 9.92. The van der Waals surface area contributed by atoms with Crippen LogP contribution in [0, 0.1) is 0 Å². The maximum absolute atomic E-state index is 15.4.